The van der Waals surface area contributed by atoms with Gasteiger partial charge in [-0.3, -0.25) is 4.79 Å². The molecule has 0 radical (unpaired) electrons. The van der Waals surface area contributed by atoms with Crippen LogP contribution in [0.4, 0.5) is 5.13 Å². The number of carboxylic acids is 1. The second-order valence-electron chi connectivity index (χ2n) is 8.59. The fourth-order valence-corrected chi connectivity index (χ4v) is 4.79. The number of halogens is 1. The van der Waals surface area contributed by atoms with E-state index in [-0.39, 0.29) is 6.42 Å². The van der Waals surface area contributed by atoms with E-state index in [0.717, 1.165) is 57.8 Å². The lowest BCUT2D eigenvalue weighted by Crippen LogP contribution is -2.23. The molecule has 1 N–H and O–H groups in total. The van der Waals surface area contributed by atoms with Crippen LogP contribution in [0.3, 0.4) is 0 Å². The number of thiazole rings is 1. The molecule has 1 heterocycles. The number of carboxylic acid groups (broad SMARTS) is 1. The predicted molar refractivity (Wildman–Crippen MR) is 147 cm³/mol. The molecule has 36 heavy (non-hydrogen) atoms. The minimum absolute atomic E-state index is 0.133. The summed E-state index contributed by atoms with van der Waals surface area (Å²) >= 11 is 7.69. The summed E-state index contributed by atoms with van der Waals surface area (Å²) in [7, 11) is 0. The van der Waals surface area contributed by atoms with Crippen molar-refractivity contribution in [1.82, 2.24) is 4.98 Å². The highest BCUT2D eigenvalue weighted by molar-refractivity contribution is 7.14. The average Bonchev–Trinajstić information content (AvgIpc) is 3.38. The topological polar surface area (TPSA) is 62.7 Å². The van der Waals surface area contributed by atoms with Crippen molar-refractivity contribution in [3.05, 3.63) is 99.9 Å². The highest BCUT2D eigenvalue weighted by Gasteiger charge is 2.13. The molecule has 3 aromatic carbocycles. The Morgan fingerprint density at radius 1 is 0.972 bits per heavy atom. The van der Waals surface area contributed by atoms with Crippen molar-refractivity contribution in [3.63, 3.8) is 0 Å². The number of benzene rings is 3. The first kappa shape index (κ1) is 25.7. The first-order valence-electron chi connectivity index (χ1n) is 12.0. The van der Waals surface area contributed by atoms with E-state index in [1.807, 2.05) is 48.5 Å². The molecule has 0 aliphatic rings. The van der Waals surface area contributed by atoms with Crippen molar-refractivity contribution in [2.24, 2.45) is 0 Å². The van der Waals surface area contributed by atoms with E-state index in [1.165, 1.54) is 5.56 Å². The molecule has 0 aliphatic heterocycles. The van der Waals surface area contributed by atoms with E-state index in [0.29, 0.717) is 13.0 Å². The van der Waals surface area contributed by atoms with Gasteiger partial charge in [-0.1, -0.05) is 67.1 Å². The fourth-order valence-electron chi connectivity index (χ4n) is 3.81. The summed E-state index contributed by atoms with van der Waals surface area (Å²) in [6.07, 6.45) is 1.70. The molecule has 0 amide bonds. The summed E-state index contributed by atoms with van der Waals surface area (Å²) in [5, 5.41) is 12.6. The van der Waals surface area contributed by atoms with Crippen LogP contribution in [-0.2, 0) is 24.4 Å². The number of anilines is 1. The summed E-state index contributed by atoms with van der Waals surface area (Å²) in [5.74, 6) is -0.0153. The second kappa shape index (κ2) is 12.6. The lowest BCUT2D eigenvalue weighted by molar-refractivity contribution is -0.136. The first-order valence-corrected chi connectivity index (χ1v) is 13.2. The van der Waals surface area contributed by atoms with Crippen LogP contribution >= 0.6 is 22.9 Å². The van der Waals surface area contributed by atoms with Gasteiger partial charge < -0.3 is 14.7 Å². The monoisotopic (exact) mass is 520 g/mol. The zero-order valence-electron chi connectivity index (χ0n) is 20.2. The number of aliphatic carboxylic acids is 1. The van der Waals surface area contributed by atoms with Gasteiger partial charge in [0.15, 0.2) is 5.13 Å². The number of carbonyl (C=O) groups is 1. The fraction of sp³-hybridized carbons (Fsp3) is 0.241. The minimum atomic E-state index is -0.786. The van der Waals surface area contributed by atoms with Crippen LogP contribution in [0.5, 0.6) is 5.75 Å². The lowest BCUT2D eigenvalue weighted by atomic mass is 10.1. The molecule has 0 fully saturated rings. The molecule has 0 atom stereocenters. The molecule has 0 unspecified atom stereocenters. The van der Waals surface area contributed by atoms with Gasteiger partial charge in [0.1, 0.15) is 12.4 Å². The summed E-state index contributed by atoms with van der Waals surface area (Å²) in [6, 6.07) is 23.9. The van der Waals surface area contributed by atoms with Gasteiger partial charge in [0, 0.05) is 35.5 Å². The van der Waals surface area contributed by atoms with Crippen molar-refractivity contribution < 1.29 is 14.6 Å². The quantitative estimate of drug-likeness (QED) is 0.210. The smallest absolute Gasteiger partial charge is 0.303 e. The van der Waals surface area contributed by atoms with Gasteiger partial charge in [-0.15, -0.1) is 11.3 Å². The second-order valence-corrected chi connectivity index (χ2v) is 9.86. The Bertz CT molecular complexity index is 1260. The standard InChI is InChI=1S/C29H29ClN2O3S/c1-2-17-32(29-31-27(20-36-29)24-10-12-25(30)13-11-24)18-22-3-5-23(6-4-22)19-35-26-14-7-21(8-15-26)9-16-28(33)34/h3-8,10-15,20H,2,9,16-19H2,1H3,(H,33,34). The molecule has 0 spiro atoms. The molecule has 4 rings (SSSR count). The number of rotatable bonds is 12. The van der Waals surface area contributed by atoms with E-state index in [1.54, 1.807) is 11.3 Å². The van der Waals surface area contributed by atoms with Crippen molar-refractivity contribution in [2.45, 2.75) is 39.3 Å². The molecule has 0 aliphatic carbocycles. The van der Waals surface area contributed by atoms with E-state index < -0.39 is 5.97 Å². The predicted octanol–water partition coefficient (Wildman–Crippen LogP) is 7.48. The molecule has 4 aromatic rings. The summed E-state index contributed by atoms with van der Waals surface area (Å²) in [4.78, 5) is 17.9. The van der Waals surface area contributed by atoms with Gasteiger partial charge in [-0.2, -0.15) is 0 Å². The van der Waals surface area contributed by atoms with Crippen molar-refractivity contribution in [3.8, 4) is 17.0 Å². The molecule has 0 saturated heterocycles. The number of hydrogen-bond acceptors (Lipinski definition) is 5. The van der Waals surface area contributed by atoms with E-state index in [2.05, 4.69) is 41.5 Å². The van der Waals surface area contributed by atoms with Gasteiger partial charge >= 0.3 is 5.97 Å². The lowest BCUT2D eigenvalue weighted by Gasteiger charge is -2.21. The van der Waals surface area contributed by atoms with Crippen LogP contribution < -0.4 is 9.64 Å². The third kappa shape index (κ3) is 7.33. The third-order valence-electron chi connectivity index (χ3n) is 5.75. The number of aryl methyl sites for hydroxylation is 1. The molecular formula is C29H29ClN2O3S. The largest absolute Gasteiger partial charge is 0.489 e. The third-order valence-corrected chi connectivity index (χ3v) is 6.90. The first-order chi connectivity index (χ1) is 17.5. The maximum absolute atomic E-state index is 10.7. The van der Waals surface area contributed by atoms with Gasteiger partial charge in [0.25, 0.3) is 0 Å². The van der Waals surface area contributed by atoms with Crippen LogP contribution in [0, 0.1) is 0 Å². The van der Waals surface area contributed by atoms with Crippen molar-refractivity contribution >= 4 is 34.0 Å². The number of aromatic nitrogens is 1. The highest BCUT2D eigenvalue weighted by Crippen LogP contribution is 2.29. The molecule has 0 bridgehead atoms. The average molecular weight is 521 g/mol. The maximum atomic E-state index is 10.7. The van der Waals surface area contributed by atoms with Gasteiger partial charge in [0.2, 0.25) is 0 Å². The van der Waals surface area contributed by atoms with Crippen molar-refractivity contribution in [1.29, 1.82) is 0 Å². The van der Waals surface area contributed by atoms with Crippen LogP contribution in [0.15, 0.2) is 78.2 Å². The van der Waals surface area contributed by atoms with Crippen LogP contribution in [-0.4, -0.2) is 22.6 Å². The Hall–Kier alpha value is -3.35. The zero-order valence-corrected chi connectivity index (χ0v) is 21.8. The molecule has 186 valence electrons. The maximum Gasteiger partial charge on any atom is 0.303 e. The molecule has 0 saturated carbocycles. The normalized spacial score (nSPS) is 10.8. The number of nitrogens with zero attached hydrogens (tertiary/aromatic N) is 2. The summed E-state index contributed by atoms with van der Waals surface area (Å²) in [6.45, 7) is 4.38. The van der Waals surface area contributed by atoms with Crippen LogP contribution in [0.25, 0.3) is 11.3 Å². The minimum Gasteiger partial charge on any atom is -0.489 e. The molecular weight excluding hydrogens is 492 g/mol. The summed E-state index contributed by atoms with van der Waals surface area (Å²) in [5.41, 5.74) is 5.34. The van der Waals surface area contributed by atoms with E-state index >= 15 is 0 Å². The van der Waals surface area contributed by atoms with Crippen molar-refractivity contribution in [2.75, 3.05) is 11.4 Å². The van der Waals surface area contributed by atoms with Crippen LogP contribution in [0.2, 0.25) is 5.02 Å². The Morgan fingerprint density at radius 2 is 1.64 bits per heavy atom. The van der Waals surface area contributed by atoms with E-state index in [9.17, 15) is 4.79 Å². The van der Waals surface area contributed by atoms with Gasteiger partial charge in [0.05, 0.1) is 5.69 Å². The Morgan fingerprint density at radius 3 is 2.31 bits per heavy atom. The highest BCUT2D eigenvalue weighted by atomic mass is 35.5. The number of hydrogen-bond donors (Lipinski definition) is 1. The molecule has 7 heteroatoms. The summed E-state index contributed by atoms with van der Waals surface area (Å²) < 4.78 is 5.91. The number of ether oxygens (including phenoxy) is 1. The van der Waals surface area contributed by atoms with Gasteiger partial charge in [-0.25, -0.2) is 4.98 Å². The Balaban J connectivity index is 1.34. The zero-order chi connectivity index (χ0) is 25.3. The van der Waals surface area contributed by atoms with Crippen LogP contribution in [0.1, 0.15) is 36.5 Å². The Kier molecular flexibility index (Phi) is 8.98. The molecule has 5 nitrogen and oxygen atoms in total. The molecule has 1 aromatic heterocycles. The SMILES string of the molecule is CCCN(Cc1ccc(COc2ccc(CCC(=O)O)cc2)cc1)c1nc(-c2ccc(Cl)cc2)cs1. The van der Waals surface area contributed by atoms with Gasteiger partial charge in [-0.05, 0) is 53.8 Å². The van der Waals surface area contributed by atoms with E-state index in [4.69, 9.17) is 26.4 Å². The Labute approximate surface area is 221 Å².